The highest BCUT2D eigenvalue weighted by atomic mass is 31.2. The summed E-state index contributed by atoms with van der Waals surface area (Å²) in [5.41, 5.74) is 22.2. The molecule has 0 spiro atoms. The molecular weight excluding hydrogens is 203 g/mol. The van der Waals surface area contributed by atoms with Gasteiger partial charge in [0.05, 0.1) is 0 Å². The quantitative estimate of drug-likeness (QED) is 0.445. The lowest BCUT2D eigenvalue weighted by molar-refractivity contribution is 1.52. The third kappa shape index (κ3) is 2.73. The third-order valence-corrected chi connectivity index (χ3v) is 7.49. The molecule has 2 atom stereocenters. The van der Waals surface area contributed by atoms with Crippen molar-refractivity contribution in [3.63, 3.8) is 0 Å². The highest BCUT2D eigenvalue weighted by Crippen LogP contribution is 2.59. The number of rotatable bonds is 0. The molecule has 0 aliphatic carbocycles. The molecule has 0 aromatic carbocycles. The van der Waals surface area contributed by atoms with Gasteiger partial charge in [-0.2, -0.15) is 4.52 Å². The number of nitrogens with zero attached hydrogens (tertiary/aromatic N) is 3. The average Bonchev–Trinajstić information content (AvgIpc) is 1.49. The van der Waals surface area contributed by atoms with Gasteiger partial charge in [0, 0.05) is 11.2 Å². The first-order valence-electron chi connectivity index (χ1n) is 2.68. The van der Waals surface area contributed by atoms with Gasteiger partial charge in [0.1, 0.15) is 0 Å². The molecule has 1 aliphatic heterocycles. The van der Waals surface area contributed by atoms with Crippen LogP contribution >= 0.6 is 22.9 Å². The van der Waals surface area contributed by atoms with Gasteiger partial charge in [-0.25, -0.2) is 0 Å². The molecule has 0 aromatic heterocycles. The van der Waals surface area contributed by atoms with Crippen LogP contribution < -0.4 is 22.0 Å². The lowest BCUT2D eigenvalue weighted by atomic mass is 12.0. The second-order valence-corrected chi connectivity index (χ2v) is 8.41. The Kier molecular flexibility index (Phi) is 2.34. The van der Waals surface area contributed by atoms with Gasteiger partial charge in [-0.15, -0.1) is 5.50 Å². The van der Waals surface area contributed by atoms with E-state index in [0.29, 0.717) is 0 Å². The van der Waals surface area contributed by atoms with Crippen molar-refractivity contribution in [2.24, 2.45) is 35.6 Å². The predicted molar refractivity (Wildman–Crippen MR) is 50.7 cm³/mol. The van der Waals surface area contributed by atoms with Crippen molar-refractivity contribution in [2.45, 2.75) is 0 Å². The summed E-state index contributed by atoms with van der Waals surface area (Å²) in [5.74, 6) is 0. The summed E-state index contributed by atoms with van der Waals surface area (Å²) in [6, 6.07) is 0. The fourth-order valence-electron chi connectivity index (χ4n) is 0.676. The van der Waals surface area contributed by atoms with Gasteiger partial charge in [-0.05, 0) is 4.52 Å². The maximum atomic E-state index is 5.67. The summed E-state index contributed by atoms with van der Waals surface area (Å²) < 4.78 is 11.8. The summed E-state index contributed by atoms with van der Waals surface area (Å²) >= 11 is 0. The van der Waals surface area contributed by atoms with Crippen LogP contribution in [0.4, 0.5) is 0 Å². The third-order valence-electron chi connectivity index (χ3n) is 0.832. The SMILES string of the molecule is CP1(N)=NP(N)(N)=N[P+](N)=N1. The minimum Gasteiger partial charge on any atom is -0.277 e. The van der Waals surface area contributed by atoms with Gasteiger partial charge < -0.3 is 0 Å². The molecule has 1 rings (SSSR count). The van der Waals surface area contributed by atoms with Crippen LogP contribution in [0.25, 0.3) is 0 Å². The van der Waals surface area contributed by atoms with Crippen LogP contribution in [0.15, 0.2) is 13.5 Å². The number of nitrogens with two attached hydrogens (primary N) is 4. The van der Waals surface area contributed by atoms with E-state index in [1.165, 1.54) is 0 Å². The molecule has 0 amide bonds. The van der Waals surface area contributed by atoms with Crippen LogP contribution in [-0.4, -0.2) is 6.66 Å². The van der Waals surface area contributed by atoms with E-state index in [1.807, 2.05) is 0 Å². The standard InChI is InChI=1S/CH11N7P3/c1-10(3)6-9(2)7-11(4,5)8-10/h3-5H2,1H3,(H2,2,6)/q+1. The monoisotopic (exact) mass is 214 g/mol. The maximum absolute atomic E-state index is 5.67. The van der Waals surface area contributed by atoms with Crippen LogP contribution in [0.3, 0.4) is 0 Å². The highest BCUT2D eigenvalue weighted by molar-refractivity contribution is 7.79. The number of hydrogen-bond acceptors (Lipinski definition) is 7. The molecule has 2 unspecified atom stereocenters. The van der Waals surface area contributed by atoms with E-state index in [0.717, 1.165) is 0 Å². The first-order valence-corrected chi connectivity index (χ1v) is 8.04. The molecular formula is CH11N7P3+. The van der Waals surface area contributed by atoms with E-state index < -0.39 is 22.9 Å². The van der Waals surface area contributed by atoms with E-state index in [4.69, 9.17) is 22.0 Å². The van der Waals surface area contributed by atoms with Crippen molar-refractivity contribution >= 4 is 22.9 Å². The van der Waals surface area contributed by atoms with E-state index in [1.54, 1.807) is 6.66 Å². The molecule has 64 valence electrons. The van der Waals surface area contributed by atoms with Gasteiger partial charge in [-0.3, -0.25) is 16.5 Å². The highest BCUT2D eigenvalue weighted by Gasteiger charge is 2.26. The molecule has 0 radical (unpaired) electrons. The molecule has 0 fully saturated rings. The zero-order valence-corrected chi connectivity index (χ0v) is 8.68. The van der Waals surface area contributed by atoms with Gasteiger partial charge in [0.2, 0.25) is 0 Å². The molecule has 8 N–H and O–H groups in total. The Morgan fingerprint density at radius 2 is 1.82 bits per heavy atom. The van der Waals surface area contributed by atoms with Crippen LogP contribution in [-0.2, 0) is 0 Å². The molecule has 11 heavy (non-hydrogen) atoms. The second-order valence-electron chi connectivity index (χ2n) is 2.27. The zero-order valence-electron chi connectivity index (χ0n) is 5.99. The minimum absolute atomic E-state index is 1.29. The summed E-state index contributed by atoms with van der Waals surface area (Å²) in [7, 11) is -5.97. The summed E-state index contributed by atoms with van der Waals surface area (Å²) in [6.07, 6.45) is 0. The fourth-order valence-corrected chi connectivity index (χ4v) is 7.05. The molecule has 7 nitrogen and oxygen atoms in total. The normalized spacial score (nSPS) is 38.5. The molecule has 1 heterocycles. The van der Waals surface area contributed by atoms with Crippen molar-refractivity contribution in [3.8, 4) is 0 Å². The lowest BCUT2D eigenvalue weighted by Crippen LogP contribution is -2.05. The van der Waals surface area contributed by atoms with Crippen LogP contribution in [0, 0.1) is 0 Å². The molecule has 0 saturated heterocycles. The number of hydrogen-bond donors (Lipinski definition) is 4. The largest absolute Gasteiger partial charge is 0.455 e. The molecule has 0 saturated carbocycles. The van der Waals surface area contributed by atoms with Gasteiger partial charge in [0.25, 0.3) is 7.51 Å². The smallest absolute Gasteiger partial charge is 0.277 e. The average molecular weight is 214 g/mol. The zero-order chi connectivity index (χ0) is 8.70. The van der Waals surface area contributed by atoms with E-state index >= 15 is 0 Å². The maximum Gasteiger partial charge on any atom is 0.455 e. The van der Waals surface area contributed by atoms with Crippen molar-refractivity contribution in [2.75, 3.05) is 6.66 Å². The minimum atomic E-state index is -2.53. The Balaban J connectivity index is 3.31. The molecule has 0 aromatic rings. The van der Waals surface area contributed by atoms with Crippen molar-refractivity contribution in [3.05, 3.63) is 0 Å². The molecule has 0 bridgehead atoms. The van der Waals surface area contributed by atoms with Crippen molar-refractivity contribution < 1.29 is 0 Å². The predicted octanol–water partition coefficient (Wildman–Crippen LogP) is 0.938. The first-order chi connectivity index (χ1) is 4.81. The summed E-state index contributed by atoms with van der Waals surface area (Å²) in [6.45, 7) is 1.71. The van der Waals surface area contributed by atoms with Gasteiger partial charge >= 0.3 is 8.01 Å². The van der Waals surface area contributed by atoms with Crippen molar-refractivity contribution in [1.82, 2.24) is 0 Å². The lowest BCUT2D eigenvalue weighted by Gasteiger charge is -2.11. The Morgan fingerprint density at radius 3 is 2.18 bits per heavy atom. The Bertz CT molecular complexity index is 292. The fraction of sp³-hybridized carbons (Fsp3) is 1.00. The van der Waals surface area contributed by atoms with Crippen LogP contribution in [0.5, 0.6) is 0 Å². The summed E-state index contributed by atoms with van der Waals surface area (Å²) in [5, 5.41) is 0. The molecule has 10 heteroatoms. The Labute approximate surface area is 65.9 Å². The Hall–Kier alpha value is 0.400. The molecule has 1 aliphatic rings. The first kappa shape index (κ1) is 9.49. The van der Waals surface area contributed by atoms with Crippen LogP contribution in [0.1, 0.15) is 0 Å². The Morgan fingerprint density at radius 1 is 1.27 bits per heavy atom. The summed E-state index contributed by atoms with van der Waals surface area (Å²) in [4.78, 5) is 0. The van der Waals surface area contributed by atoms with Crippen LogP contribution in [0.2, 0.25) is 0 Å². The van der Waals surface area contributed by atoms with E-state index in [-0.39, 0.29) is 0 Å². The van der Waals surface area contributed by atoms with Gasteiger partial charge in [0.15, 0.2) is 7.36 Å². The second kappa shape index (κ2) is 2.71. The topological polar surface area (TPSA) is 141 Å². The van der Waals surface area contributed by atoms with Crippen molar-refractivity contribution in [1.29, 1.82) is 0 Å². The van der Waals surface area contributed by atoms with Gasteiger partial charge in [-0.1, -0.05) is 0 Å². The van der Waals surface area contributed by atoms with E-state index in [2.05, 4.69) is 13.5 Å². The van der Waals surface area contributed by atoms with E-state index in [9.17, 15) is 0 Å².